The highest BCUT2D eigenvalue weighted by Gasteiger charge is 2.14. The summed E-state index contributed by atoms with van der Waals surface area (Å²) in [6.45, 7) is 3.66. The van der Waals surface area contributed by atoms with Gasteiger partial charge in [-0.15, -0.1) is 10.2 Å². The van der Waals surface area contributed by atoms with Crippen LogP contribution in [0.25, 0.3) is 0 Å². The molecule has 0 spiro atoms. The molecular weight excluding hydrogens is 295 g/mol. The molecule has 1 aromatic rings. The second-order valence-corrected chi connectivity index (χ2v) is 4.98. The quantitative estimate of drug-likeness (QED) is 0.864. The van der Waals surface area contributed by atoms with Gasteiger partial charge in [0.15, 0.2) is 0 Å². The fourth-order valence-corrected chi connectivity index (χ4v) is 1.97. The Morgan fingerprint density at radius 3 is 2.67 bits per heavy atom. The van der Waals surface area contributed by atoms with Crippen molar-refractivity contribution in [3.8, 4) is 0 Å². The highest BCUT2D eigenvalue weighted by molar-refractivity contribution is 8.14. The van der Waals surface area contributed by atoms with E-state index in [4.69, 9.17) is 0 Å². The largest absolute Gasteiger partial charge is 0.351 e. The predicted octanol–water partition coefficient (Wildman–Crippen LogP) is 2.04. The molecule has 2 amide bonds. The number of hydrogen-bond donors (Lipinski definition) is 1. The maximum atomic E-state index is 12.7. The Hall–Kier alpha value is -2.35. The topological polar surface area (TPSA) is 83.2 Å². The van der Waals surface area contributed by atoms with Gasteiger partial charge in [0.1, 0.15) is 11.5 Å². The number of nitrogens with zero attached hydrogens (tertiary/aromatic N) is 3. The van der Waals surface area contributed by atoms with Crippen LogP contribution < -0.4 is 5.32 Å². The van der Waals surface area contributed by atoms with E-state index in [1.54, 1.807) is 12.1 Å². The number of aliphatic imine (C=N–C) groups is 1. The van der Waals surface area contributed by atoms with Crippen LogP contribution in [0.1, 0.15) is 5.56 Å². The summed E-state index contributed by atoms with van der Waals surface area (Å²) < 4.78 is 12.7. The third-order valence-corrected chi connectivity index (χ3v) is 3.27. The summed E-state index contributed by atoms with van der Waals surface area (Å²) in [5.74, 6) is -1.08. The van der Waals surface area contributed by atoms with E-state index in [1.165, 1.54) is 12.1 Å². The van der Waals surface area contributed by atoms with Gasteiger partial charge in [0, 0.05) is 6.54 Å². The Balaban J connectivity index is 1.76. The van der Waals surface area contributed by atoms with Crippen molar-refractivity contribution in [2.45, 2.75) is 6.54 Å². The molecule has 0 atom stereocenters. The zero-order valence-electron chi connectivity index (χ0n) is 10.9. The predicted molar refractivity (Wildman–Crippen MR) is 77.1 cm³/mol. The molecule has 0 bridgehead atoms. The first kappa shape index (κ1) is 15.0. The van der Waals surface area contributed by atoms with Crippen molar-refractivity contribution < 1.29 is 14.0 Å². The number of hydrogen-bond acceptors (Lipinski definition) is 5. The zero-order valence-corrected chi connectivity index (χ0v) is 11.7. The summed E-state index contributed by atoms with van der Waals surface area (Å²) in [4.78, 5) is 26.5. The number of azo groups is 1. The fourth-order valence-electron chi connectivity index (χ4n) is 1.36. The molecule has 8 heteroatoms. The Labute approximate surface area is 124 Å². The molecule has 6 nitrogen and oxygen atoms in total. The SMILES string of the molecule is C=C1N=NC(SCC(=O)NCc2ccc(F)cc2)=NC1=O. The first-order valence-electron chi connectivity index (χ1n) is 5.92. The van der Waals surface area contributed by atoms with Crippen LogP contribution in [0.2, 0.25) is 0 Å². The Bertz CT molecular complexity index is 640. The minimum Gasteiger partial charge on any atom is -0.351 e. The van der Waals surface area contributed by atoms with E-state index in [0.29, 0.717) is 6.54 Å². The molecule has 0 saturated heterocycles. The maximum Gasteiger partial charge on any atom is 0.299 e. The molecule has 0 saturated carbocycles. The molecule has 1 heterocycles. The summed E-state index contributed by atoms with van der Waals surface area (Å²) in [6.07, 6.45) is 0. The lowest BCUT2D eigenvalue weighted by Crippen LogP contribution is -2.25. The minimum absolute atomic E-state index is 0.0277. The van der Waals surface area contributed by atoms with Crippen molar-refractivity contribution in [3.63, 3.8) is 0 Å². The average molecular weight is 306 g/mol. The molecule has 0 unspecified atom stereocenters. The van der Waals surface area contributed by atoms with Crippen LogP contribution in [0.15, 0.2) is 51.8 Å². The number of carbonyl (C=O) groups is 2. The Morgan fingerprint density at radius 1 is 1.29 bits per heavy atom. The van der Waals surface area contributed by atoms with Gasteiger partial charge in [0.2, 0.25) is 11.1 Å². The number of nitrogens with one attached hydrogen (secondary N) is 1. The Kier molecular flexibility index (Phi) is 4.94. The molecule has 1 aromatic carbocycles. The van der Waals surface area contributed by atoms with Gasteiger partial charge in [-0.2, -0.15) is 4.99 Å². The highest BCUT2D eigenvalue weighted by Crippen LogP contribution is 2.13. The van der Waals surface area contributed by atoms with E-state index in [9.17, 15) is 14.0 Å². The van der Waals surface area contributed by atoms with Crippen molar-refractivity contribution in [2.75, 3.05) is 5.75 Å². The van der Waals surface area contributed by atoms with Gasteiger partial charge in [-0.05, 0) is 17.7 Å². The maximum absolute atomic E-state index is 12.7. The first-order chi connectivity index (χ1) is 10.0. The van der Waals surface area contributed by atoms with Crippen molar-refractivity contribution in [1.82, 2.24) is 5.32 Å². The monoisotopic (exact) mass is 306 g/mol. The van der Waals surface area contributed by atoms with E-state index in [2.05, 4.69) is 27.1 Å². The summed E-state index contributed by atoms with van der Waals surface area (Å²) in [7, 11) is 0. The summed E-state index contributed by atoms with van der Waals surface area (Å²) >= 11 is 1.00. The van der Waals surface area contributed by atoms with E-state index >= 15 is 0 Å². The molecule has 108 valence electrons. The van der Waals surface area contributed by atoms with Gasteiger partial charge in [-0.25, -0.2) is 4.39 Å². The van der Waals surface area contributed by atoms with Crippen LogP contribution in [0.3, 0.4) is 0 Å². The Morgan fingerprint density at radius 2 is 2.00 bits per heavy atom. The van der Waals surface area contributed by atoms with E-state index < -0.39 is 5.91 Å². The molecule has 0 radical (unpaired) electrons. The number of amidine groups is 1. The van der Waals surface area contributed by atoms with Crippen LogP contribution in [-0.4, -0.2) is 22.7 Å². The zero-order chi connectivity index (χ0) is 15.2. The van der Waals surface area contributed by atoms with Gasteiger partial charge in [-0.3, -0.25) is 9.59 Å². The number of thioether (sulfide) groups is 1. The van der Waals surface area contributed by atoms with Crippen LogP contribution in [0.5, 0.6) is 0 Å². The molecule has 2 rings (SSSR count). The third-order valence-electron chi connectivity index (χ3n) is 2.44. The molecule has 1 aliphatic heterocycles. The number of rotatable bonds is 4. The molecular formula is C13H11FN4O2S. The van der Waals surface area contributed by atoms with Crippen LogP contribution >= 0.6 is 11.8 Å². The molecule has 0 fully saturated rings. The van der Waals surface area contributed by atoms with E-state index in [-0.39, 0.29) is 28.3 Å². The second kappa shape index (κ2) is 6.89. The van der Waals surface area contributed by atoms with Crippen molar-refractivity contribution in [3.05, 3.63) is 47.9 Å². The molecule has 1 aliphatic rings. The van der Waals surface area contributed by atoms with Crippen LogP contribution in [-0.2, 0) is 16.1 Å². The van der Waals surface area contributed by atoms with Crippen molar-refractivity contribution >= 4 is 28.7 Å². The average Bonchev–Trinajstić information content (AvgIpc) is 2.48. The van der Waals surface area contributed by atoms with Crippen molar-refractivity contribution in [2.24, 2.45) is 15.2 Å². The number of halogens is 1. The molecule has 0 aromatic heterocycles. The van der Waals surface area contributed by atoms with Gasteiger partial charge < -0.3 is 5.32 Å². The summed E-state index contributed by atoms with van der Waals surface area (Å²) in [5.41, 5.74) is 0.760. The highest BCUT2D eigenvalue weighted by atomic mass is 32.2. The normalized spacial score (nSPS) is 14.0. The van der Waals surface area contributed by atoms with E-state index in [0.717, 1.165) is 17.3 Å². The minimum atomic E-state index is -0.556. The third kappa shape index (κ3) is 4.60. The fraction of sp³-hybridized carbons (Fsp3) is 0.154. The molecule has 0 aliphatic carbocycles. The van der Waals surface area contributed by atoms with Crippen LogP contribution in [0, 0.1) is 5.82 Å². The van der Waals surface area contributed by atoms with Gasteiger partial charge in [0.05, 0.1) is 5.75 Å². The number of carbonyl (C=O) groups excluding carboxylic acids is 2. The smallest absolute Gasteiger partial charge is 0.299 e. The summed E-state index contributed by atoms with van der Waals surface area (Å²) in [5, 5.41) is 9.99. The first-order valence-corrected chi connectivity index (χ1v) is 6.91. The number of benzene rings is 1. The molecule has 21 heavy (non-hydrogen) atoms. The van der Waals surface area contributed by atoms with Gasteiger partial charge in [-0.1, -0.05) is 30.5 Å². The lowest BCUT2D eigenvalue weighted by atomic mass is 10.2. The van der Waals surface area contributed by atoms with Crippen molar-refractivity contribution in [1.29, 1.82) is 0 Å². The van der Waals surface area contributed by atoms with Gasteiger partial charge >= 0.3 is 0 Å². The number of amides is 2. The van der Waals surface area contributed by atoms with E-state index in [1.807, 2.05) is 0 Å². The van der Waals surface area contributed by atoms with Crippen LogP contribution in [0.4, 0.5) is 4.39 Å². The standard InChI is InChI=1S/C13H11FN4O2S/c1-8-12(20)16-13(18-17-8)21-7-11(19)15-6-9-2-4-10(14)5-3-9/h2-5H,1,6-7H2,(H,15,19). The summed E-state index contributed by atoms with van der Waals surface area (Å²) in [6, 6.07) is 5.83. The molecule has 1 N–H and O–H groups in total. The second-order valence-electron chi connectivity index (χ2n) is 4.04. The van der Waals surface area contributed by atoms with Gasteiger partial charge in [0.25, 0.3) is 5.91 Å². The lowest BCUT2D eigenvalue weighted by Gasteiger charge is -2.06. The lowest BCUT2D eigenvalue weighted by molar-refractivity contribution is -0.118.